The Bertz CT molecular complexity index is 1500. The lowest BCUT2D eigenvalue weighted by Gasteiger charge is -2.14. The van der Waals surface area contributed by atoms with Gasteiger partial charge < -0.3 is 15.6 Å². The lowest BCUT2D eigenvalue weighted by Crippen LogP contribution is -2.20. The zero-order valence-electron chi connectivity index (χ0n) is 18.2. The van der Waals surface area contributed by atoms with Gasteiger partial charge in [0.05, 0.1) is 36.4 Å². The molecule has 35 heavy (non-hydrogen) atoms. The summed E-state index contributed by atoms with van der Waals surface area (Å²) in [5.74, 6) is 0.370. The smallest absolute Gasteiger partial charge is 0.433 e. The Hall–Kier alpha value is -4.19. The molecule has 0 amide bonds. The molecule has 5 rings (SSSR count). The van der Waals surface area contributed by atoms with Crippen LogP contribution in [0.25, 0.3) is 34.2 Å². The lowest BCUT2D eigenvalue weighted by atomic mass is 9.99. The van der Waals surface area contributed by atoms with Crippen LogP contribution in [-0.4, -0.2) is 35.9 Å². The maximum absolute atomic E-state index is 13.6. The molecule has 0 saturated carbocycles. The number of aliphatic hydroxyl groups is 1. The number of benzene rings is 1. The van der Waals surface area contributed by atoms with Gasteiger partial charge in [0.15, 0.2) is 5.65 Å². The number of pyridine rings is 1. The fourth-order valence-electron chi connectivity index (χ4n) is 3.95. The molecule has 0 unspecified atom stereocenters. The van der Waals surface area contributed by atoms with Gasteiger partial charge in [-0.3, -0.25) is 0 Å². The van der Waals surface area contributed by atoms with E-state index < -0.39 is 24.2 Å². The van der Waals surface area contributed by atoms with Gasteiger partial charge in [0.2, 0.25) is 5.95 Å². The van der Waals surface area contributed by atoms with Gasteiger partial charge in [0.1, 0.15) is 11.5 Å². The summed E-state index contributed by atoms with van der Waals surface area (Å²) in [6.45, 7) is -0.205. The van der Waals surface area contributed by atoms with Crippen LogP contribution < -0.4 is 11.4 Å². The summed E-state index contributed by atoms with van der Waals surface area (Å²) in [5.41, 5.74) is 5.01. The highest BCUT2D eigenvalue weighted by molar-refractivity contribution is 5.91. The van der Waals surface area contributed by atoms with Crippen LogP contribution >= 0.6 is 0 Å². The summed E-state index contributed by atoms with van der Waals surface area (Å²) in [6.07, 6.45) is -1.92. The molecule has 1 aliphatic rings. The van der Waals surface area contributed by atoms with Crippen molar-refractivity contribution in [3.63, 3.8) is 0 Å². The number of aromatic nitrogens is 5. The average Bonchev–Trinajstić information content (AvgIpc) is 3.47. The molecule has 0 spiro atoms. The number of nitrogens with two attached hydrogens (primary N) is 1. The fourth-order valence-corrected chi connectivity index (χ4v) is 3.95. The molecule has 1 aromatic carbocycles. The Morgan fingerprint density at radius 3 is 2.57 bits per heavy atom. The summed E-state index contributed by atoms with van der Waals surface area (Å²) >= 11 is 0. The van der Waals surface area contributed by atoms with Crippen molar-refractivity contribution < 1.29 is 23.0 Å². The van der Waals surface area contributed by atoms with E-state index in [1.807, 2.05) is 0 Å². The molecule has 9 nitrogen and oxygen atoms in total. The van der Waals surface area contributed by atoms with Crippen LogP contribution in [0.1, 0.15) is 24.2 Å². The molecule has 3 N–H and O–H groups in total. The Morgan fingerprint density at radius 1 is 1.14 bits per heavy atom. The number of hydrogen-bond donors (Lipinski definition) is 2. The van der Waals surface area contributed by atoms with Crippen molar-refractivity contribution in [3.8, 4) is 22.4 Å². The third-order valence-corrected chi connectivity index (χ3v) is 5.51. The number of hydrogen-bond acceptors (Lipinski definition) is 7. The second-order valence-electron chi connectivity index (χ2n) is 7.88. The van der Waals surface area contributed by atoms with Crippen molar-refractivity contribution in [1.29, 1.82) is 0 Å². The van der Waals surface area contributed by atoms with Crippen molar-refractivity contribution in [2.45, 2.75) is 25.6 Å². The molecular weight excluding hydrogens is 465 g/mol. The Balaban J connectivity index is 1.87. The van der Waals surface area contributed by atoms with E-state index in [-0.39, 0.29) is 34.1 Å². The van der Waals surface area contributed by atoms with Crippen molar-refractivity contribution in [2.75, 3.05) is 12.3 Å². The molecule has 3 aromatic heterocycles. The molecule has 1 saturated heterocycles. The minimum atomic E-state index is -4.77. The Morgan fingerprint density at radius 2 is 1.91 bits per heavy atom. The third-order valence-electron chi connectivity index (χ3n) is 5.51. The van der Waals surface area contributed by atoms with E-state index in [0.29, 0.717) is 24.4 Å². The van der Waals surface area contributed by atoms with Gasteiger partial charge in [-0.25, -0.2) is 19.2 Å². The van der Waals surface area contributed by atoms with Crippen molar-refractivity contribution in [2.24, 2.45) is 0 Å². The quantitative estimate of drug-likeness (QED) is 0.456. The van der Waals surface area contributed by atoms with Gasteiger partial charge >= 0.3 is 11.9 Å². The summed E-state index contributed by atoms with van der Waals surface area (Å²) in [5, 5.41) is 14.0. The van der Waals surface area contributed by atoms with Crippen LogP contribution in [0.15, 0.2) is 53.0 Å². The first-order chi connectivity index (χ1) is 16.8. The molecule has 0 radical (unpaired) electrons. The van der Waals surface area contributed by atoms with Crippen molar-refractivity contribution in [1.82, 2.24) is 24.1 Å². The van der Waals surface area contributed by atoms with Gasteiger partial charge in [0.25, 0.3) is 0 Å². The molecule has 0 bridgehead atoms. The average molecular weight is 484 g/mol. The van der Waals surface area contributed by atoms with Crippen LogP contribution in [0, 0.1) is 0 Å². The van der Waals surface area contributed by atoms with E-state index in [9.17, 15) is 23.1 Å². The van der Waals surface area contributed by atoms with E-state index in [1.165, 1.54) is 12.3 Å². The SMILES string of the molecule is Nc1nc(-c2ccccc2)c(-c2cc(CO)nc(C(F)(F)F)c2)c2nn(C=C3CCCO3)c(=O)n12. The topological polar surface area (TPSA) is 121 Å². The van der Waals surface area contributed by atoms with Crippen molar-refractivity contribution in [3.05, 3.63) is 70.1 Å². The van der Waals surface area contributed by atoms with Crippen LogP contribution in [0.5, 0.6) is 0 Å². The first kappa shape index (κ1) is 22.6. The van der Waals surface area contributed by atoms with Crippen molar-refractivity contribution >= 4 is 17.8 Å². The molecule has 4 aromatic rings. The highest BCUT2D eigenvalue weighted by Crippen LogP contribution is 2.37. The Kier molecular flexibility index (Phi) is 5.52. The molecule has 1 fully saturated rings. The minimum absolute atomic E-state index is 0.000542. The number of ether oxygens (including phenoxy) is 1. The maximum atomic E-state index is 13.6. The summed E-state index contributed by atoms with van der Waals surface area (Å²) < 4.78 is 48.4. The molecule has 0 atom stereocenters. The van der Waals surface area contributed by atoms with Crippen LogP contribution in [0.4, 0.5) is 19.1 Å². The first-order valence-corrected chi connectivity index (χ1v) is 10.7. The fraction of sp³-hybridized carbons (Fsp3) is 0.217. The molecule has 1 aliphatic heterocycles. The maximum Gasteiger partial charge on any atom is 0.433 e. The first-order valence-electron chi connectivity index (χ1n) is 10.7. The van der Waals surface area contributed by atoms with E-state index in [4.69, 9.17) is 10.5 Å². The molecule has 12 heteroatoms. The number of allylic oxidation sites excluding steroid dienone is 1. The summed E-state index contributed by atoms with van der Waals surface area (Å²) in [6, 6.07) is 10.8. The number of fused-ring (bicyclic) bond motifs is 1. The van der Waals surface area contributed by atoms with E-state index in [0.717, 1.165) is 21.6 Å². The zero-order chi connectivity index (χ0) is 24.7. The second kappa shape index (κ2) is 8.55. The number of anilines is 1. The number of aliphatic hydroxyl groups excluding tert-OH is 1. The highest BCUT2D eigenvalue weighted by Gasteiger charge is 2.34. The number of rotatable bonds is 4. The summed E-state index contributed by atoms with van der Waals surface area (Å²) in [7, 11) is 0. The number of nitrogens with zero attached hydrogens (tertiary/aromatic N) is 5. The molecule has 0 aliphatic carbocycles. The number of halogens is 3. The summed E-state index contributed by atoms with van der Waals surface area (Å²) in [4.78, 5) is 21.0. The Labute approximate surface area is 195 Å². The van der Waals surface area contributed by atoms with Gasteiger partial charge in [-0.2, -0.15) is 17.9 Å². The monoisotopic (exact) mass is 484 g/mol. The largest absolute Gasteiger partial charge is 0.496 e. The molecule has 180 valence electrons. The predicted octanol–water partition coefficient (Wildman–Crippen LogP) is 3.32. The molecular formula is C23H19F3N6O3. The lowest BCUT2D eigenvalue weighted by molar-refractivity contribution is -0.141. The predicted molar refractivity (Wildman–Crippen MR) is 121 cm³/mol. The van der Waals surface area contributed by atoms with E-state index in [1.54, 1.807) is 30.3 Å². The normalized spacial score (nSPS) is 15.1. The van der Waals surface area contributed by atoms with Gasteiger partial charge in [-0.15, -0.1) is 5.10 Å². The van der Waals surface area contributed by atoms with Crippen LogP contribution in [0.3, 0.4) is 0 Å². The highest BCUT2D eigenvalue weighted by atomic mass is 19.4. The van der Waals surface area contributed by atoms with Gasteiger partial charge in [0, 0.05) is 12.0 Å². The van der Waals surface area contributed by atoms with E-state index >= 15 is 0 Å². The van der Waals surface area contributed by atoms with Crippen LogP contribution in [-0.2, 0) is 17.5 Å². The molecule has 4 heterocycles. The van der Waals surface area contributed by atoms with Gasteiger partial charge in [-0.1, -0.05) is 30.3 Å². The van der Waals surface area contributed by atoms with Gasteiger partial charge in [-0.05, 0) is 24.1 Å². The van der Waals surface area contributed by atoms with E-state index in [2.05, 4.69) is 15.1 Å². The third kappa shape index (κ3) is 4.12. The number of nitrogen functional groups attached to an aromatic ring is 1. The van der Waals surface area contributed by atoms with Crippen LogP contribution in [0.2, 0.25) is 0 Å². The number of alkyl halides is 3. The standard InChI is InChI=1S/C23H19F3N6O3/c24-23(25,26)17-10-14(9-15(12-33)28-17)18-19(13-5-2-1-3-6-13)29-21(27)32-20(18)30-31(22(32)34)11-16-7-4-8-35-16/h1-3,5-6,9-11,33H,4,7-8,12H2,(H2,27,29). The minimum Gasteiger partial charge on any atom is -0.496 e. The zero-order valence-corrected chi connectivity index (χ0v) is 18.2. The second-order valence-corrected chi connectivity index (χ2v) is 7.88.